The zero-order valence-corrected chi connectivity index (χ0v) is 24.3. The van der Waals surface area contributed by atoms with E-state index in [0.29, 0.717) is 35.3 Å². The number of fused-ring (bicyclic) bond motifs is 3. The lowest BCUT2D eigenvalue weighted by atomic mass is 10.0. The maximum Gasteiger partial charge on any atom is 0.158 e. The number of pyridine rings is 2. The second-order valence-corrected chi connectivity index (χ2v) is 10.1. The van der Waals surface area contributed by atoms with Crippen molar-refractivity contribution in [1.29, 1.82) is 0 Å². The number of benzene rings is 3. The Morgan fingerprint density at radius 1 is 0.667 bits per heavy atom. The van der Waals surface area contributed by atoms with E-state index in [-0.39, 0.29) is 6.29 Å². The fourth-order valence-corrected chi connectivity index (χ4v) is 5.48. The van der Waals surface area contributed by atoms with Gasteiger partial charge in [0.25, 0.3) is 0 Å². The Kier molecular flexibility index (Phi) is 8.08. The SMILES string of the molecule is COc1cccc(OC)c1-c1ccc2ccc3ccc(-c4c(OC)cc(COC5CCCCO5)cc4OC)nc3c2n1. The van der Waals surface area contributed by atoms with E-state index in [1.54, 1.807) is 28.4 Å². The lowest BCUT2D eigenvalue weighted by Gasteiger charge is -2.23. The molecule has 6 rings (SSSR count). The molecule has 8 nitrogen and oxygen atoms in total. The minimum Gasteiger partial charge on any atom is -0.496 e. The van der Waals surface area contributed by atoms with Gasteiger partial charge in [-0.05, 0) is 61.2 Å². The first-order chi connectivity index (χ1) is 20.6. The Bertz CT molecular complexity index is 1680. The first-order valence-corrected chi connectivity index (χ1v) is 14.0. The Morgan fingerprint density at radius 3 is 1.69 bits per heavy atom. The van der Waals surface area contributed by atoms with Crippen molar-refractivity contribution >= 4 is 21.8 Å². The van der Waals surface area contributed by atoms with Gasteiger partial charge in [0.05, 0.1) is 68.6 Å². The minimum atomic E-state index is -0.181. The van der Waals surface area contributed by atoms with Crippen molar-refractivity contribution in [3.8, 4) is 45.5 Å². The van der Waals surface area contributed by atoms with Crippen LogP contribution in [0.15, 0.2) is 66.7 Å². The summed E-state index contributed by atoms with van der Waals surface area (Å²) in [5.74, 6) is 2.67. The molecule has 0 saturated carbocycles. The van der Waals surface area contributed by atoms with Gasteiger partial charge < -0.3 is 28.4 Å². The van der Waals surface area contributed by atoms with E-state index in [0.717, 1.165) is 70.1 Å². The smallest absolute Gasteiger partial charge is 0.158 e. The molecule has 0 aliphatic carbocycles. The average molecular weight is 567 g/mol. The van der Waals surface area contributed by atoms with E-state index < -0.39 is 0 Å². The number of aromatic nitrogens is 2. The molecular formula is C34H34N2O6. The monoisotopic (exact) mass is 566 g/mol. The molecule has 1 saturated heterocycles. The number of hydrogen-bond acceptors (Lipinski definition) is 8. The highest BCUT2D eigenvalue weighted by Gasteiger charge is 2.20. The summed E-state index contributed by atoms with van der Waals surface area (Å²) in [7, 11) is 6.59. The molecule has 3 heterocycles. The molecule has 216 valence electrons. The van der Waals surface area contributed by atoms with Crippen molar-refractivity contribution in [3.05, 3.63) is 72.3 Å². The number of rotatable bonds is 9. The molecule has 8 heteroatoms. The highest BCUT2D eigenvalue weighted by atomic mass is 16.7. The summed E-state index contributed by atoms with van der Waals surface area (Å²) in [4.78, 5) is 10.2. The Hall–Kier alpha value is -4.40. The molecule has 0 radical (unpaired) electrons. The maximum atomic E-state index is 6.02. The van der Waals surface area contributed by atoms with Gasteiger partial charge in [-0.25, -0.2) is 9.97 Å². The van der Waals surface area contributed by atoms with Crippen LogP contribution in [0.25, 0.3) is 44.3 Å². The van der Waals surface area contributed by atoms with Gasteiger partial charge in [0.2, 0.25) is 0 Å². The summed E-state index contributed by atoms with van der Waals surface area (Å²) < 4.78 is 34.8. The highest BCUT2D eigenvalue weighted by Crippen LogP contribution is 2.41. The number of methoxy groups -OCH3 is 4. The van der Waals surface area contributed by atoms with Gasteiger partial charge in [0.1, 0.15) is 23.0 Å². The molecule has 0 amide bonds. The summed E-state index contributed by atoms with van der Waals surface area (Å²) in [5, 5.41) is 1.94. The third-order valence-corrected chi connectivity index (χ3v) is 7.60. The quantitative estimate of drug-likeness (QED) is 0.173. The van der Waals surface area contributed by atoms with Gasteiger partial charge in [-0.3, -0.25) is 0 Å². The van der Waals surface area contributed by atoms with Crippen molar-refractivity contribution in [2.75, 3.05) is 35.0 Å². The van der Waals surface area contributed by atoms with Gasteiger partial charge in [0, 0.05) is 17.4 Å². The van der Waals surface area contributed by atoms with Crippen LogP contribution in [0.4, 0.5) is 0 Å². The van der Waals surface area contributed by atoms with Crippen LogP contribution in [0.2, 0.25) is 0 Å². The molecule has 42 heavy (non-hydrogen) atoms. The minimum absolute atomic E-state index is 0.181. The average Bonchev–Trinajstić information content (AvgIpc) is 3.06. The van der Waals surface area contributed by atoms with Gasteiger partial charge in [0.15, 0.2) is 6.29 Å². The zero-order chi connectivity index (χ0) is 29.1. The molecule has 0 N–H and O–H groups in total. The summed E-state index contributed by atoms with van der Waals surface area (Å²) in [6.07, 6.45) is 2.91. The van der Waals surface area contributed by atoms with Crippen molar-refractivity contribution in [3.63, 3.8) is 0 Å². The lowest BCUT2D eigenvalue weighted by Crippen LogP contribution is -2.22. The van der Waals surface area contributed by atoms with Gasteiger partial charge >= 0.3 is 0 Å². The Morgan fingerprint density at radius 2 is 1.19 bits per heavy atom. The molecule has 0 bridgehead atoms. The zero-order valence-electron chi connectivity index (χ0n) is 24.3. The molecule has 0 spiro atoms. The summed E-state index contributed by atoms with van der Waals surface area (Å²) in [6.45, 7) is 1.13. The number of nitrogens with zero attached hydrogens (tertiary/aromatic N) is 2. The maximum absolute atomic E-state index is 6.02. The van der Waals surface area contributed by atoms with Crippen LogP contribution in [-0.2, 0) is 16.1 Å². The third kappa shape index (κ3) is 5.31. The predicted molar refractivity (Wildman–Crippen MR) is 163 cm³/mol. The van der Waals surface area contributed by atoms with E-state index in [1.807, 2.05) is 54.6 Å². The first kappa shape index (κ1) is 27.8. The van der Waals surface area contributed by atoms with Gasteiger partial charge in [-0.15, -0.1) is 0 Å². The highest BCUT2D eigenvalue weighted by molar-refractivity contribution is 6.04. The van der Waals surface area contributed by atoms with Crippen molar-refractivity contribution in [1.82, 2.24) is 9.97 Å². The van der Waals surface area contributed by atoms with E-state index in [2.05, 4.69) is 12.1 Å². The third-order valence-electron chi connectivity index (χ3n) is 7.60. The fourth-order valence-electron chi connectivity index (χ4n) is 5.48. The van der Waals surface area contributed by atoms with E-state index in [9.17, 15) is 0 Å². The molecule has 3 aromatic carbocycles. The molecule has 1 unspecified atom stereocenters. The van der Waals surface area contributed by atoms with E-state index >= 15 is 0 Å². The molecule has 1 atom stereocenters. The van der Waals surface area contributed by atoms with E-state index in [4.69, 9.17) is 38.4 Å². The van der Waals surface area contributed by atoms with E-state index in [1.165, 1.54) is 0 Å². The Labute approximate surface area is 245 Å². The second kappa shape index (κ2) is 12.2. The summed E-state index contributed by atoms with van der Waals surface area (Å²) >= 11 is 0. The largest absolute Gasteiger partial charge is 0.496 e. The van der Waals surface area contributed by atoms with Crippen molar-refractivity contribution in [2.24, 2.45) is 0 Å². The predicted octanol–water partition coefficient (Wildman–Crippen LogP) is 7.19. The fraction of sp³-hybridized carbons (Fsp3) is 0.294. The van der Waals surface area contributed by atoms with Crippen LogP contribution < -0.4 is 18.9 Å². The van der Waals surface area contributed by atoms with Crippen LogP contribution in [-0.4, -0.2) is 51.3 Å². The standard InChI is InChI=1S/C34H34N2O6/c1-37-26-8-7-9-27(38-2)31(26)24-15-13-22-11-12-23-14-16-25(36-34(23)33(22)35-24)32-28(39-3)18-21(19-29(32)40-4)20-42-30-10-5-6-17-41-30/h7-9,11-16,18-19,30H,5-6,10,17,20H2,1-4H3. The second-order valence-electron chi connectivity index (χ2n) is 10.1. The van der Waals surface area contributed by atoms with Crippen LogP contribution in [0.3, 0.4) is 0 Å². The normalized spacial score (nSPS) is 15.1. The Balaban J connectivity index is 1.44. The van der Waals surface area contributed by atoms with Crippen molar-refractivity contribution in [2.45, 2.75) is 32.2 Å². The molecule has 2 aromatic heterocycles. The van der Waals surface area contributed by atoms with Crippen LogP contribution in [0, 0.1) is 0 Å². The van der Waals surface area contributed by atoms with Gasteiger partial charge in [-0.2, -0.15) is 0 Å². The summed E-state index contributed by atoms with van der Waals surface area (Å²) in [5.41, 5.74) is 5.48. The first-order valence-electron chi connectivity index (χ1n) is 14.0. The molecule has 1 fully saturated rings. The van der Waals surface area contributed by atoms with Crippen LogP contribution in [0.5, 0.6) is 23.0 Å². The number of ether oxygens (including phenoxy) is 6. The number of hydrogen-bond donors (Lipinski definition) is 0. The van der Waals surface area contributed by atoms with Crippen LogP contribution in [0.1, 0.15) is 24.8 Å². The topological polar surface area (TPSA) is 81.2 Å². The molecule has 1 aliphatic heterocycles. The molecule has 5 aromatic rings. The summed E-state index contributed by atoms with van der Waals surface area (Å²) in [6, 6.07) is 21.8. The van der Waals surface area contributed by atoms with Gasteiger partial charge in [-0.1, -0.05) is 30.3 Å². The lowest BCUT2D eigenvalue weighted by molar-refractivity contribution is -0.168. The van der Waals surface area contributed by atoms with Crippen LogP contribution >= 0.6 is 0 Å². The van der Waals surface area contributed by atoms with Crippen molar-refractivity contribution < 1.29 is 28.4 Å². The molecular weight excluding hydrogens is 532 g/mol. The molecule has 1 aliphatic rings.